The van der Waals surface area contributed by atoms with Crippen LogP contribution in [0.5, 0.6) is 0 Å². The Morgan fingerprint density at radius 2 is 1.85 bits per heavy atom. The van der Waals surface area contributed by atoms with Gasteiger partial charge in [0, 0.05) is 0 Å². The average Bonchev–Trinajstić information content (AvgIpc) is 2.87. The molecule has 13 heavy (non-hydrogen) atoms. The highest BCUT2D eigenvalue weighted by Crippen LogP contribution is 2.94. The van der Waals surface area contributed by atoms with Crippen LogP contribution in [0, 0.1) is 28.6 Å². The molecular formula is C13H24. The molecule has 0 spiro atoms. The van der Waals surface area contributed by atoms with Gasteiger partial charge in [0.25, 0.3) is 0 Å². The number of hydrogen-bond donors (Lipinski definition) is 0. The van der Waals surface area contributed by atoms with Crippen molar-refractivity contribution < 1.29 is 0 Å². The summed E-state index contributed by atoms with van der Waals surface area (Å²) in [5.74, 6) is 3.00. The monoisotopic (exact) mass is 180 g/mol. The Bertz CT molecular complexity index is 220. The van der Waals surface area contributed by atoms with E-state index in [4.69, 9.17) is 0 Å². The van der Waals surface area contributed by atoms with Gasteiger partial charge in [-0.15, -0.1) is 0 Å². The summed E-state index contributed by atoms with van der Waals surface area (Å²) in [6, 6.07) is 0. The highest BCUT2D eigenvalue weighted by Gasteiger charge is 2.88. The lowest BCUT2D eigenvalue weighted by Crippen LogP contribution is -2.15. The molecule has 2 fully saturated rings. The van der Waals surface area contributed by atoms with Crippen molar-refractivity contribution in [2.75, 3.05) is 0 Å². The van der Waals surface area contributed by atoms with Crippen molar-refractivity contribution in [1.29, 1.82) is 0 Å². The summed E-state index contributed by atoms with van der Waals surface area (Å²) in [7, 11) is 0. The van der Waals surface area contributed by atoms with Gasteiger partial charge in [0.05, 0.1) is 0 Å². The van der Waals surface area contributed by atoms with Crippen LogP contribution in [0.1, 0.15) is 53.9 Å². The fourth-order valence-corrected chi connectivity index (χ4v) is 4.26. The van der Waals surface area contributed by atoms with Gasteiger partial charge in [0.15, 0.2) is 0 Å². The van der Waals surface area contributed by atoms with Crippen LogP contribution >= 0.6 is 0 Å². The molecule has 0 N–H and O–H groups in total. The molecule has 0 aromatic rings. The second kappa shape index (κ2) is 2.52. The van der Waals surface area contributed by atoms with Gasteiger partial charge in [-0.05, 0) is 35.0 Å². The summed E-state index contributed by atoms with van der Waals surface area (Å²) in [4.78, 5) is 0. The molecule has 0 heteroatoms. The van der Waals surface area contributed by atoms with Crippen LogP contribution in [0.4, 0.5) is 0 Å². The summed E-state index contributed by atoms with van der Waals surface area (Å²) >= 11 is 0. The minimum atomic E-state index is 0.776. The van der Waals surface area contributed by atoms with E-state index in [0.717, 1.165) is 28.6 Å². The van der Waals surface area contributed by atoms with Gasteiger partial charge in [-0.25, -0.2) is 0 Å². The smallest absolute Gasteiger partial charge is 0.0173 e. The zero-order valence-electron chi connectivity index (χ0n) is 9.85. The van der Waals surface area contributed by atoms with Crippen LogP contribution in [0.15, 0.2) is 0 Å². The summed E-state index contributed by atoms with van der Waals surface area (Å²) in [6.45, 7) is 12.1. The van der Waals surface area contributed by atoms with Crippen molar-refractivity contribution in [3.8, 4) is 0 Å². The molecule has 5 unspecified atom stereocenters. The van der Waals surface area contributed by atoms with Crippen molar-refractivity contribution in [2.24, 2.45) is 28.6 Å². The van der Waals surface area contributed by atoms with E-state index >= 15 is 0 Å². The molecule has 0 aromatic heterocycles. The summed E-state index contributed by atoms with van der Waals surface area (Å²) < 4.78 is 0. The Kier molecular flexibility index (Phi) is 1.85. The molecule has 0 saturated heterocycles. The lowest BCUT2D eigenvalue weighted by molar-refractivity contribution is 0.268. The third-order valence-corrected chi connectivity index (χ3v) is 5.46. The van der Waals surface area contributed by atoms with E-state index in [9.17, 15) is 0 Å². The van der Waals surface area contributed by atoms with E-state index in [1.54, 1.807) is 0 Å². The van der Waals surface area contributed by atoms with Crippen LogP contribution < -0.4 is 0 Å². The molecule has 0 aliphatic heterocycles. The lowest BCUT2D eigenvalue weighted by atomic mass is 9.83. The maximum absolute atomic E-state index is 2.52. The Hall–Kier alpha value is 0. The molecule has 0 heterocycles. The van der Waals surface area contributed by atoms with Crippen molar-refractivity contribution in [2.45, 2.75) is 53.9 Å². The quantitative estimate of drug-likeness (QED) is 0.611. The molecular weight excluding hydrogens is 156 g/mol. The Morgan fingerprint density at radius 1 is 1.23 bits per heavy atom. The zero-order chi connectivity index (χ0) is 9.85. The number of hydrogen-bond acceptors (Lipinski definition) is 0. The molecule has 5 atom stereocenters. The predicted molar refractivity (Wildman–Crippen MR) is 57.6 cm³/mol. The topological polar surface area (TPSA) is 0 Å². The van der Waals surface area contributed by atoms with Crippen molar-refractivity contribution in [3.63, 3.8) is 0 Å². The van der Waals surface area contributed by atoms with Crippen molar-refractivity contribution >= 4 is 0 Å². The van der Waals surface area contributed by atoms with Crippen LogP contribution in [0.25, 0.3) is 0 Å². The van der Waals surface area contributed by atoms with Gasteiger partial charge in [-0.3, -0.25) is 0 Å². The Labute approximate surface area is 83.1 Å². The van der Waals surface area contributed by atoms with Crippen LogP contribution in [0.3, 0.4) is 0 Å². The van der Waals surface area contributed by atoms with Crippen LogP contribution in [0.2, 0.25) is 0 Å². The van der Waals surface area contributed by atoms with E-state index in [-0.39, 0.29) is 0 Å². The van der Waals surface area contributed by atoms with Gasteiger partial charge in [-0.1, -0.05) is 47.5 Å². The number of fused-ring (bicyclic) bond motifs is 1. The second-order valence-corrected chi connectivity index (χ2v) is 5.81. The first kappa shape index (κ1) is 9.55. The maximum Gasteiger partial charge on any atom is -0.0173 e. The Morgan fingerprint density at radius 3 is 2.23 bits per heavy atom. The fraction of sp³-hybridized carbons (Fsp3) is 1.00. The van der Waals surface area contributed by atoms with Crippen LogP contribution in [-0.4, -0.2) is 0 Å². The summed E-state index contributed by atoms with van der Waals surface area (Å²) in [5.41, 5.74) is 1.58. The first-order chi connectivity index (χ1) is 6.04. The maximum atomic E-state index is 2.52. The molecule has 2 aliphatic carbocycles. The van der Waals surface area contributed by atoms with E-state index in [2.05, 4.69) is 34.6 Å². The molecule has 2 aliphatic rings. The molecule has 0 amide bonds. The highest BCUT2D eigenvalue weighted by molar-refractivity contribution is 5.36. The van der Waals surface area contributed by atoms with Gasteiger partial charge < -0.3 is 0 Å². The minimum absolute atomic E-state index is 0.776. The molecule has 0 aromatic carbocycles. The fourth-order valence-electron chi connectivity index (χ4n) is 4.26. The molecule has 76 valence electrons. The molecule has 2 saturated carbocycles. The first-order valence-corrected chi connectivity index (χ1v) is 6.04. The van der Waals surface area contributed by atoms with Crippen molar-refractivity contribution in [1.82, 2.24) is 0 Å². The van der Waals surface area contributed by atoms with E-state index in [1.165, 1.54) is 19.3 Å². The van der Waals surface area contributed by atoms with E-state index in [0.29, 0.717) is 0 Å². The van der Waals surface area contributed by atoms with E-state index in [1.807, 2.05) is 0 Å². The number of rotatable bonds is 4. The van der Waals surface area contributed by atoms with Gasteiger partial charge in [-0.2, -0.15) is 0 Å². The standard InChI is InChI=1S/C13H24/c1-6-9(3)11-12(5)8-13(11,12)10(4)7-2/h9-11H,6-8H2,1-5H3. The molecule has 0 radical (unpaired) electrons. The first-order valence-electron chi connectivity index (χ1n) is 6.04. The average molecular weight is 180 g/mol. The van der Waals surface area contributed by atoms with Gasteiger partial charge >= 0.3 is 0 Å². The van der Waals surface area contributed by atoms with E-state index < -0.39 is 0 Å². The lowest BCUT2D eigenvalue weighted by Gasteiger charge is -2.22. The normalized spacial score (nSPS) is 51.0. The van der Waals surface area contributed by atoms with Gasteiger partial charge in [0.2, 0.25) is 0 Å². The van der Waals surface area contributed by atoms with Gasteiger partial charge in [0.1, 0.15) is 0 Å². The Balaban J connectivity index is 2.06. The largest absolute Gasteiger partial charge is 0.0651 e. The van der Waals surface area contributed by atoms with Crippen LogP contribution in [-0.2, 0) is 0 Å². The van der Waals surface area contributed by atoms with Crippen molar-refractivity contribution in [3.05, 3.63) is 0 Å². The third-order valence-electron chi connectivity index (χ3n) is 5.46. The minimum Gasteiger partial charge on any atom is -0.0651 e. The summed E-state index contributed by atoms with van der Waals surface area (Å²) in [6.07, 6.45) is 4.28. The predicted octanol–water partition coefficient (Wildman–Crippen LogP) is 4.10. The molecule has 2 rings (SSSR count). The molecule has 0 nitrogen and oxygen atoms in total. The third kappa shape index (κ3) is 0.877. The zero-order valence-corrected chi connectivity index (χ0v) is 9.85. The molecule has 0 bridgehead atoms. The summed E-state index contributed by atoms with van der Waals surface area (Å²) in [5, 5.41) is 0. The SMILES string of the molecule is CCC(C)C1C2(C)CC12C(C)CC. The highest BCUT2D eigenvalue weighted by atomic mass is 14.9. The second-order valence-electron chi connectivity index (χ2n) is 5.81.